The summed E-state index contributed by atoms with van der Waals surface area (Å²) in [5.41, 5.74) is 0. The predicted molar refractivity (Wildman–Crippen MR) is 44.0 cm³/mol. The summed E-state index contributed by atoms with van der Waals surface area (Å²) in [6.07, 6.45) is 7.15. The highest BCUT2D eigenvalue weighted by molar-refractivity contribution is 5.40. The minimum Gasteiger partial charge on any atom is -0.392 e. The van der Waals surface area contributed by atoms with Crippen LogP contribution in [0.5, 0.6) is 0 Å². The number of rotatable bonds is 3. The second-order valence-electron chi connectivity index (χ2n) is 2.16. The number of imidazole rings is 1. The van der Waals surface area contributed by atoms with Crippen LogP contribution in [0.4, 0.5) is 0 Å². The van der Waals surface area contributed by atoms with Crippen molar-refractivity contribution in [2.45, 2.75) is 13.5 Å². The van der Waals surface area contributed by atoms with Gasteiger partial charge in [-0.2, -0.15) is 0 Å². The number of aryl methyl sites for hydroxylation is 1. The van der Waals surface area contributed by atoms with E-state index in [1.807, 2.05) is 16.8 Å². The minimum absolute atomic E-state index is 0.0660. The second kappa shape index (κ2) is 3.93. The zero-order chi connectivity index (χ0) is 8.10. The molecule has 0 aliphatic rings. The molecule has 60 valence electrons. The molecule has 0 saturated heterocycles. The fourth-order valence-corrected chi connectivity index (χ4v) is 0.905. The molecule has 1 rings (SSSR count). The molecule has 0 saturated carbocycles. The van der Waals surface area contributed by atoms with E-state index >= 15 is 0 Å². The van der Waals surface area contributed by atoms with E-state index in [2.05, 4.69) is 11.9 Å². The highest BCUT2D eigenvalue weighted by Crippen LogP contribution is 1.98. The molecule has 0 radical (unpaired) electrons. The fraction of sp³-hybridized carbons (Fsp3) is 0.375. The summed E-state index contributed by atoms with van der Waals surface area (Å²) in [5.74, 6) is 0.890. The number of aliphatic hydroxyl groups excluding tert-OH is 1. The zero-order valence-corrected chi connectivity index (χ0v) is 6.57. The Kier molecular flexibility index (Phi) is 2.86. The van der Waals surface area contributed by atoms with E-state index in [9.17, 15) is 0 Å². The molecule has 3 nitrogen and oxygen atoms in total. The first-order valence-corrected chi connectivity index (χ1v) is 3.67. The topological polar surface area (TPSA) is 38.0 Å². The van der Waals surface area contributed by atoms with Gasteiger partial charge in [-0.1, -0.05) is 6.08 Å². The predicted octanol–water partition coefficient (Wildman–Crippen LogP) is 0.908. The lowest BCUT2D eigenvalue weighted by Gasteiger charge is -1.97. The minimum atomic E-state index is 0.0660. The van der Waals surface area contributed by atoms with Crippen molar-refractivity contribution in [2.75, 3.05) is 6.61 Å². The van der Waals surface area contributed by atoms with Crippen LogP contribution in [0.25, 0.3) is 6.08 Å². The second-order valence-corrected chi connectivity index (χ2v) is 2.16. The van der Waals surface area contributed by atoms with Gasteiger partial charge in [-0.15, -0.1) is 0 Å². The normalized spacial score (nSPS) is 11.1. The van der Waals surface area contributed by atoms with Gasteiger partial charge >= 0.3 is 0 Å². The Bertz CT molecular complexity index is 240. The molecule has 0 aromatic carbocycles. The highest BCUT2D eigenvalue weighted by Gasteiger charge is 1.93. The van der Waals surface area contributed by atoms with Crippen molar-refractivity contribution in [3.05, 3.63) is 24.3 Å². The van der Waals surface area contributed by atoms with Gasteiger partial charge < -0.3 is 9.67 Å². The van der Waals surface area contributed by atoms with Crippen molar-refractivity contribution in [1.82, 2.24) is 9.55 Å². The lowest BCUT2D eigenvalue weighted by atomic mass is 10.5. The number of hydrogen-bond donors (Lipinski definition) is 1. The summed E-state index contributed by atoms with van der Waals surface area (Å²) in [6.45, 7) is 3.03. The van der Waals surface area contributed by atoms with Gasteiger partial charge in [-0.25, -0.2) is 4.98 Å². The zero-order valence-electron chi connectivity index (χ0n) is 6.57. The summed E-state index contributed by atoms with van der Waals surface area (Å²) in [4.78, 5) is 4.09. The number of aromatic nitrogens is 2. The Hall–Kier alpha value is -1.09. The number of nitrogens with zero attached hydrogens (tertiary/aromatic N) is 2. The van der Waals surface area contributed by atoms with Crippen LogP contribution in [0.2, 0.25) is 0 Å². The van der Waals surface area contributed by atoms with E-state index in [0.717, 1.165) is 12.4 Å². The first-order chi connectivity index (χ1) is 5.38. The van der Waals surface area contributed by atoms with Crippen molar-refractivity contribution in [3.63, 3.8) is 0 Å². The molecule has 0 unspecified atom stereocenters. The maximum absolute atomic E-state index is 8.50. The Labute approximate surface area is 66.0 Å². The monoisotopic (exact) mass is 152 g/mol. The molecule has 0 amide bonds. The van der Waals surface area contributed by atoms with Crippen LogP contribution in [0, 0.1) is 0 Å². The van der Waals surface area contributed by atoms with Crippen LogP contribution in [-0.2, 0) is 6.54 Å². The Morgan fingerprint density at radius 3 is 3.18 bits per heavy atom. The third-order valence-corrected chi connectivity index (χ3v) is 1.46. The lowest BCUT2D eigenvalue weighted by molar-refractivity contribution is 0.343. The highest BCUT2D eigenvalue weighted by atomic mass is 16.2. The molecule has 0 atom stereocenters. The molecule has 1 aromatic heterocycles. The smallest absolute Gasteiger partial charge is 0.132 e. The van der Waals surface area contributed by atoms with Crippen molar-refractivity contribution < 1.29 is 5.11 Å². The summed E-state index contributed by atoms with van der Waals surface area (Å²) in [7, 11) is 0. The Balaban J connectivity index is 2.76. The van der Waals surface area contributed by atoms with Crippen molar-refractivity contribution >= 4 is 6.08 Å². The first-order valence-electron chi connectivity index (χ1n) is 3.67. The Morgan fingerprint density at radius 2 is 2.55 bits per heavy atom. The van der Waals surface area contributed by atoms with E-state index in [1.54, 1.807) is 12.3 Å². The van der Waals surface area contributed by atoms with Crippen LogP contribution in [0.15, 0.2) is 18.5 Å². The van der Waals surface area contributed by atoms with Crippen LogP contribution < -0.4 is 0 Å². The summed E-state index contributed by atoms with van der Waals surface area (Å²) >= 11 is 0. The SMILES string of the molecule is CCn1ccnc1C=CCO. The third-order valence-electron chi connectivity index (χ3n) is 1.46. The fourth-order valence-electron chi connectivity index (χ4n) is 0.905. The van der Waals surface area contributed by atoms with Gasteiger partial charge in [0.15, 0.2) is 0 Å². The van der Waals surface area contributed by atoms with Crippen molar-refractivity contribution in [2.24, 2.45) is 0 Å². The van der Waals surface area contributed by atoms with Gasteiger partial charge in [0.2, 0.25) is 0 Å². The Morgan fingerprint density at radius 1 is 1.73 bits per heavy atom. The average Bonchev–Trinajstić information content (AvgIpc) is 2.47. The van der Waals surface area contributed by atoms with Crippen LogP contribution in [0.1, 0.15) is 12.7 Å². The molecule has 0 aliphatic carbocycles. The summed E-state index contributed by atoms with van der Waals surface area (Å²) < 4.78 is 2.01. The molecule has 3 heteroatoms. The average molecular weight is 152 g/mol. The van der Waals surface area contributed by atoms with Gasteiger partial charge in [-0.05, 0) is 13.0 Å². The van der Waals surface area contributed by atoms with Crippen LogP contribution in [0.3, 0.4) is 0 Å². The lowest BCUT2D eigenvalue weighted by Crippen LogP contribution is -1.94. The van der Waals surface area contributed by atoms with Crippen molar-refractivity contribution in [3.8, 4) is 0 Å². The standard InChI is InChI=1S/C8H12N2O/c1-2-10-6-5-9-8(10)4-3-7-11/h3-6,11H,2,7H2,1H3. The maximum Gasteiger partial charge on any atom is 0.132 e. The van der Waals surface area contributed by atoms with E-state index in [-0.39, 0.29) is 6.61 Å². The third kappa shape index (κ3) is 1.91. The quantitative estimate of drug-likeness (QED) is 0.699. The molecular formula is C8H12N2O. The molecule has 0 bridgehead atoms. The molecular weight excluding hydrogens is 140 g/mol. The van der Waals surface area contributed by atoms with Crippen molar-refractivity contribution in [1.29, 1.82) is 0 Å². The van der Waals surface area contributed by atoms with E-state index < -0.39 is 0 Å². The number of hydrogen-bond acceptors (Lipinski definition) is 2. The summed E-state index contributed by atoms with van der Waals surface area (Å²) in [5, 5.41) is 8.50. The van der Waals surface area contributed by atoms with Gasteiger partial charge in [0, 0.05) is 18.9 Å². The number of aliphatic hydroxyl groups is 1. The van der Waals surface area contributed by atoms with Gasteiger partial charge in [-0.3, -0.25) is 0 Å². The van der Waals surface area contributed by atoms with Gasteiger partial charge in [0.25, 0.3) is 0 Å². The van der Waals surface area contributed by atoms with E-state index in [4.69, 9.17) is 5.11 Å². The van der Waals surface area contributed by atoms with Gasteiger partial charge in [0.1, 0.15) is 5.82 Å². The molecule has 1 heterocycles. The van der Waals surface area contributed by atoms with Crippen LogP contribution in [-0.4, -0.2) is 21.3 Å². The largest absolute Gasteiger partial charge is 0.392 e. The van der Waals surface area contributed by atoms with Crippen LogP contribution >= 0.6 is 0 Å². The molecule has 1 aromatic rings. The molecule has 11 heavy (non-hydrogen) atoms. The van der Waals surface area contributed by atoms with E-state index in [0.29, 0.717) is 0 Å². The maximum atomic E-state index is 8.50. The molecule has 0 spiro atoms. The van der Waals surface area contributed by atoms with Gasteiger partial charge in [0.05, 0.1) is 6.61 Å². The summed E-state index contributed by atoms with van der Waals surface area (Å²) in [6, 6.07) is 0. The van der Waals surface area contributed by atoms with E-state index in [1.165, 1.54) is 0 Å². The molecule has 0 fully saturated rings. The molecule has 0 aliphatic heterocycles. The first kappa shape index (κ1) is 8.01. The molecule has 1 N–H and O–H groups in total.